The maximum absolute atomic E-state index is 4.86. The molecular formula is C12H28NS+. The van der Waals surface area contributed by atoms with E-state index in [1.54, 1.807) is 0 Å². The first-order valence-corrected chi connectivity index (χ1v) is 6.67. The molecule has 0 aliphatic carbocycles. The summed E-state index contributed by atoms with van der Waals surface area (Å²) in [7, 11) is 0. The van der Waals surface area contributed by atoms with Crippen molar-refractivity contribution in [1.82, 2.24) is 0 Å². The van der Waals surface area contributed by atoms with Gasteiger partial charge in [0, 0.05) is 0 Å². The number of quaternary nitrogens is 1. The lowest BCUT2D eigenvalue weighted by Gasteiger charge is -2.32. The van der Waals surface area contributed by atoms with Crippen LogP contribution in [0.3, 0.4) is 0 Å². The van der Waals surface area contributed by atoms with Gasteiger partial charge in [-0.2, -0.15) is 0 Å². The Labute approximate surface area is 96.0 Å². The molecule has 14 heavy (non-hydrogen) atoms. The Kier molecular flexibility index (Phi) is 8.80. The molecule has 1 nitrogen and oxygen atoms in total. The van der Waals surface area contributed by atoms with Crippen molar-refractivity contribution in [2.45, 2.75) is 59.3 Å². The minimum atomic E-state index is 1.01. The van der Waals surface area contributed by atoms with Gasteiger partial charge in [-0.05, 0) is 19.3 Å². The van der Waals surface area contributed by atoms with Gasteiger partial charge in [-0.15, -0.1) is 0 Å². The molecule has 0 aromatic rings. The SMILES string of the molecule is CCCC[N+](S)(CCCC)CCCC. The molecule has 0 saturated heterocycles. The van der Waals surface area contributed by atoms with Crippen LogP contribution in [0.4, 0.5) is 0 Å². The van der Waals surface area contributed by atoms with E-state index in [4.69, 9.17) is 12.8 Å². The van der Waals surface area contributed by atoms with Crippen LogP contribution in [0.25, 0.3) is 0 Å². The van der Waals surface area contributed by atoms with Gasteiger partial charge in [-0.25, -0.2) is 0 Å². The maximum atomic E-state index is 4.86. The molecule has 0 saturated carbocycles. The Bertz CT molecular complexity index is 104. The second kappa shape index (κ2) is 8.60. The molecule has 0 fully saturated rings. The third-order valence-electron chi connectivity index (χ3n) is 2.78. The van der Waals surface area contributed by atoms with E-state index in [2.05, 4.69) is 20.8 Å². The highest BCUT2D eigenvalue weighted by Gasteiger charge is 2.21. The Morgan fingerprint density at radius 2 is 1.00 bits per heavy atom. The quantitative estimate of drug-likeness (QED) is 0.438. The fraction of sp³-hybridized carbons (Fsp3) is 1.00. The molecule has 0 radical (unpaired) electrons. The average molecular weight is 218 g/mol. The lowest BCUT2D eigenvalue weighted by molar-refractivity contribution is -0.793. The highest BCUT2D eigenvalue weighted by molar-refractivity contribution is 7.74. The second-order valence-corrected chi connectivity index (χ2v) is 5.18. The van der Waals surface area contributed by atoms with E-state index < -0.39 is 0 Å². The van der Waals surface area contributed by atoms with Crippen LogP contribution in [0.5, 0.6) is 0 Å². The number of thiol groups is 1. The Hall–Kier alpha value is 0.310. The van der Waals surface area contributed by atoms with Gasteiger partial charge in [0.15, 0.2) is 0 Å². The fourth-order valence-electron chi connectivity index (χ4n) is 1.69. The molecule has 0 unspecified atom stereocenters. The highest BCUT2D eigenvalue weighted by atomic mass is 32.1. The van der Waals surface area contributed by atoms with Crippen molar-refractivity contribution in [3.05, 3.63) is 0 Å². The summed E-state index contributed by atoms with van der Waals surface area (Å²) in [5, 5.41) is 0. The zero-order valence-electron chi connectivity index (χ0n) is 10.3. The van der Waals surface area contributed by atoms with Gasteiger partial charge in [0.1, 0.15) is 0 Å². The maximum Gasteiger partial charge on any atom is 0.0890 e. The van der Waals surface area contributed by atoms with E-state index in [0.717, 1.165) is 3.89 Å². The van der Waals surface area contributed by atoms with E-state index in [0.29, 0.717) is 0 Å². The molecule has 0 heterocycles. The predicted molar refractivity (Wildman–Crippen MR) is 68.6 cm³/mol. The third-order valence-corrected chi connectivity index (χ3v) is 3.38. The number of rotatable bonds is 9. The monoisotopic (exact) mass is 218 g/mol. The van der Waals surface area contributed by atoms with E-state index in [-0.39, 0.29) is 0 Å². The van der Waals surface area contributed by atoms with Crippen LogP contribution in [0, 0.1) is 0 Å². The largest absolute Gasteiger partial charge is 0.264 e. The standard InChI is InChI=1S/C12H28NS/c1-4-7-10-13(14,11-8-5-2)12-9-6-3/h14H,4-12H2,1-3H3/q+1. The summed E-state index contributed by atoms with van der Waals surface area (Å²) in [5.74, 6) is 0. The number of hydrogen-bond donors (Lipinski definition) is 1. The van der Waals surface area contributed by atoms with Crippen molar-refractivity contribution >= 4 is 12.8 Å². The van der Waals surface area contributed by atoms with Crippen LogP contribution in [-0.2, 0) is 0 Å². The minimum Gasteiger partial charge on any atom is -0.264 e. The van der Waals surface area contributed by atoms with Gasteiger partial charge >= 0.3 is 0 Å². The molecule has 0 aromatic heterocycles. The molecule has 0 amide bonds. The smallest absolute Gasteiger partial charge is 0.0890 e. The third kappa shape index (κ3) is 6.72. The number of nitrogens with zero attached hydrogens (tertiary/aromatic N) is 1. The molecule has 0 spiro atoms. The van der Waals surface area contributed by atoms with Crippen LogP contribution in [0.1, 0.15) is 59.3 Å². The molecule has 0 aliphatic rings. The van der Waals surface area contributed by atoms with Gasteiger partial charge in [0.05, 0.1) is 32.4 Å². The van der Waals surface area contributed by atoms with Crippen LogP contribution in [-0.4, -0.2) is 23.5 Å². The molecule has 0 rings (SSSR count). The van der Waals surface area contributed by atoms with Crippen molar-refractivity contribution in [2.75, 3.05) is 19.6 Å². The lowest BCUT2D eigenvalue weighted by Crippen LogP contribution is -2.41. The summed E-state index contributed by atoms with van der Waals surface area (Å²) in [6, 6.07) is 0. The lowest BCUT2D eigenvalue weighted by atomic mass is 10.2. The molecular weight excluding hydrogens is 190 g/mol. The first-order chi connectivity index (χ1) is 6.68. The fourth-order valence-corrected chi connectivity index (χ4v) is 2.12. The first-order valence-electron chi connectivity index (χ1n) is 6.27. The number of hydrogen-bond acceptors (Lipinski definition) is 1. The summed E-state index contributed by atoms with van der Waals surface area (Å²) in [6.07, 6.45) is 7.82. The second-order valence-electron chi connectivity index (χ2n) is 4.33. The van der Waals surface area contributed by atoms with Crippen LogP contribution in [0.15, 0.2) is 0 Å². The normalized spacial score (nSPS) is 12.0. The topological polar surface area (TPSA) is 0 Å². The summed E-state index contributed by atoms with van der Waals surface area (Å²) >= 11 is 4.86. The van der Waals surface area contributed by atoms with Crippen molar-refractivity contribution in [3.8, 4) is 0 Å². The summed E-state index contributed by atoms with van der Waals surface area (Å²) in [4.78, 5) is 0. The number of unbranched alkanes of at least 4 members (excludes halogenated alkanes) is 3. The molecule has 2 heteroatoms. The Morgan fingerprint density at radius 3 is 1.21 bits per heavy atom. The summed E-state index contributed by atoms with van der Waals surface area (Å²) < 4.78 is 1.01. The van der Waals surface area contributed by atoms with Crippen LogP contribution in [0.2, 0.25) is 0 Å². The van der Waals surface area contributed by atoms with Gasteiger partial charge in [0.2, 0.25) is 0 Å². The molecule has 0 atom stereocenters. The first kappa shape index (κ1) is 14.3. The minimum absolute atomic E-state index is 1.01. The van der Waals surface area contributed by atoms with Crippen molar-refractivity contribution in [3.63, 3.8) is 0 Å². The van der Waals surface area contributed by atoms with Gasteiger partial charge in [-0.3, -0.25) is 3.89 Å². The van der Waals surface area contributed by atoms with E-state index in [1.165, 1.54) is 58.2 Å². The van der Waals surface area contributed by atoms with E-state index in [1.807, 2.05) is 0 Å². The predicted octanol–water partition coefficient (Wildman–Crippen LogP) is 4.05. The van der Waals surface area contributed by atoms with Gasteiger partial charge in [0.25, 0.3) is 0 Å². The molecule has 0 aliphatic heterocycles. The van der Waals surface area contributed by atoms with Crippen molar-refractivity contribution in [2.24, 2.45) is 0 Å². The summed E-state index contributed by atoms with van der Waals surface area (Å²) in [6.45, 7) is 10.5. The van der Waals surface area contributed by atoms with Gasteiger partial charge < -0.3 is 0 Å². The molecule has 0 N–H and O–H groups in total. The highest BCUT2D eigenvalue weighted by Crippen LogP contribution is 2.17. The zero-order valence-corrected chi connectivity index (χ0v) is 11.2. The summed E-state index contributed by atoms with van der Waals surface area (Å²) in [5.41, 5.74) is 0. The molecule has 0 bridgehead atoms. The molecule has 0 aromatic carbocycles. The molecule has 86 valence electrons. The Balaban J connectivity index is 3.89. The van der Waals surface area contributed by atoms with Crippen LogP contribution < -0.4 is 0 Å². The van der Waals surface area contributed by atoms with Gasteiger partial charge in [-0.1, -0.05) is 40.0 Å². The van der Waals surface area contributed by atoms with Crippen molar-refractivity contribution < 1.29 is 3.89 Å². The van der Waals surface area contributed by atoms with Crippen LogP contribution >= 0.6 is 12.8 Å². The van der Waals surface area contributed by atoms with E-state index in [9.17, 15) is 0 Å². The van der Waals surface area contributed by atoms with E-state index >= 15 is 0 Å². The van der Waals surface area contributed by atoms with Crippen molar-refractivity contribution in [1.29, 1.82) is 0 Å². The Morgan fingerprint density at radius 1 is 0.714 bits per heavy atom. The average Bonchev–Trinajstić information content (AvgIpc) is 2.21. The zero-order chi connectivity index (χ0) is 10.9.